The van der Waals surface area contributed by atoms with Gasteiger partial charge in [0.1, 0.15) is 13.2 Å². The third-order valence-corrected chi connectivity index (χ3v) is 3.99. The van der Waals surface area contributed by atoms with Gasteiger partial charge < -0.3 is 35.8 Å². The molecule has 190 valence electrons. The van der Waals surface area contributed by atoms with Crippen LogP contribution in [0.1, 0.15) is 18.9 Å². The Kier molecular flexibility index (Phi) is 13.3. The van der Waals surface area contributed by atoms with Gasteiger partial charge in [0.05, 0.1) is 32.2 Å². The van der Waals surface area contributed by atoms with Crippen LogP contribution in [0.4, 0.5) is 4.79 Å². The van der Waals surface area contributed by atoms with Crippen molar-refractivity contribution in [2.75, 3.05) is 26.2 Å². The van der Waals surface area contributed by atoms with Gasteiger partial charge in [-0.25, -0.2) is 9.59 Å². The van der Waals surface area contributed by atoms with Crippen molar-refractivity contribution in [3.05, 3.63) is 48.0 Å². The minimum atomic E-state index is -1.21. The minimum Gasteiger partial charge on any atom is -0.481 e. The van der Waals surface area contributed by atoms with Crippen molar-refractivity contribution in [3.63, 3.8) is 0 Å². The fourth-order valence-corrected chi connectivity index (χ4v) is 2.41. The highest BCUT2D eigenvalue weighted by molar-refractivity contribution is 5.89. The highest BCUT2D eigenvalue weighted by atomic mass is 16.5. The number of aliphatic carboxylic acids is 1. The number of rotatable bonds is 14. The molecule has 0 aromatic heterocycles. The van der Waals surface area contributed by atoms with Crippen molar-refractivity contribution in [3.8, 4) is 0 Å². The second kappa shape index (κ2) is 16.2. The predicted molar refractivity (Wildman–Crippen MR) is 121 cm³/mol. The monoisotopic (exact) mass is 492 g/mol. The van der Waals surface area contributed by atoms with Crippen LogP contribution < -0.4 is 21.3 Å². The van der Waals surface area contributed by atoms with Crippen LogP contribution in [-0.4, -0.2) is 73.1 Å². The van der Waals surface area contributed by atoms with Crippen molar-refractivity contribution in [2.24, 2.45) is 0 Å². The lowest BCUT2D eigenvalue weighted by molar-refractivity contribution is -0.138. The molecule has 0 aliphatic carbocycles. The molecule has 0 bridgehead atoms. The number of hydrogen-bond acceptors (Lipinski definition) is 8. The Morgan fingerprint density at radius 1 is 0.886 bits per heavy atom. The number of ether oxygens (including phenoxy) is 2. The molecule has 1 aromatic carbocycles. The summed E-state index contributed by atoms with van der Waals surface area (Å²) < 4.78 is 9.63. The Morgan fingerprint density at radius 2 is 1.49 bits per heavy atom. The number of benzene rings is 1. The lowest BCUT2D eigenvalue weighted by atomic mass is 10.2. The SMILES string of the molecule is CCOC(=O)/C=C/[C@H](CC(=O)O)NC(=O)CNC(=O)CNC(=O)CNC(=O)OCc1ccccc1. The molecule has 1 aromatic rings. The van der Waals surface area contributed by atoms with Crippen molar-refractivity contribution < 1.29 is 43.3 Å². The van der Waals surface area contributed by atoms with Crippen LogP contribution in [0.5, 0.6) is 0 Å². The Bertz CT molecular complexity index is 919. The molecule has 0 heterocycles. The van der Waals surface area contributed by atoms with Crippen LogP contribution in [0.25, 0.3) is 0 Å². The average Bonchev–Trinajstić information content (AvgIpc) is 2.82. The number of esters is 1. The van der Waals surface area contributed by atoms with E-state index in [0.29, 0.717) is 0 Å². The molecule has 0 aliphatic rings. The largest absolute Gasteiger partial charge is 0.481 e. The molecule has 4 amide bonds. The van der Waals surface area contributed by atoms with Crippen molar-refractivity contribution in [1.82, 2.24) is 21.3 Å². The fraction of sp³-hybridized carbons (Fsp3) is 0.364. The van der Waals surface area contributed by atoms with E-state index in [1.807, 2.05) is 6.07 Å². The normalized spacial score (nSPS) is 11.1. The minimum absolute atomic E-state index is 0.0324. The molecule has 1 atom stereocenters. The van der Waals surface area contributed by atoms with Gasteiger partial charge in [0, 0.05) is 6.08 Å². The maximum Gasteiger partial charge on any atom is 0.407 e. The maximum atomic E-state index is 12.0. The molecule has 35 heavy (non-hydrogen) atoms. The molecular weight excluding hydrogens is 464 g/mol. The first kappa shape index (κ1) is 28.6. The third-order valence-electron chi connectivity index (χ3n) is 3.99. The molecule has 0 aliphatic heterocycles. The molecule has 0 saturated carbocycles. The van der Waals surface area contributed by atoms with Crippen LogP contribution in [0.2, 0.25) is 0 Å². The summed E-state index contributed by atoms with van der Waals surface area (Å²) >= 11 is 0. The zero-order valence-electron chi connectivity index (χ0n) is 19.1. The van der Waals surface area contributed by atoms with Crippen molar-refractivity contribution >= 4 is 35.8 Å². The molecule has 1 rings (SSSR count). The second-order valence-corrected chi connectivity index (χ2v) is 6.85. The lowest BCUT2D eigenvalue weighted by Gasteiger charge is -2.13. The van der Waals surface area contributed by atoms with E-state index < -0.39 is 67.9 Å². The molecule has 13 heteroatoms. The van der Waals surface area contributed by atoms with Gasteiger partial charge in [-0.2, -0.15) is 0 Å². The summed E-state index contributed by atoms with van der Waals surface area (Å²) in [6, 6.07) is 7.93. The number of nitrogens with one attached hydrogen (secondary N) is 4. The Balaban J connectivity index is 2.29. The summed E-state index contributed by atoms with van der Waals surface area (Å²) in [4.78, 5) is 69.4. The first-order valence-electron chi connectivity index (χ1n) is 10.5. The molecule has 0 radical (unpaired) electrons. The number of amides is 4. The number of carbonyl (C=O) groups excluding carboxylic acids is 5. The summed E-state index contributed by atoms with van der Waals surface area (Å²) in [6.45, 7) is 0.382. The van der Waals surface area contributed by atoms with Gasteiger partial charge >= 0.3 is 18.0 Å². The fourth-order valence-electron chi connectivity index (χ4n) is 2.41. The van der Waals surface area contributed by atoms with E-state index in [9.17, 15) is 28.8 Å². The summed E-state index contributed by atoms with van der Waals surface area (Å²) in [6.07, 6.45) is 0.867. The molecule has 5 N–H and O–H groups in total. The summed E-state index contributed by atoms with van der Waals surface area (Å²) in [5, 5.41) is 18.0. The Morgan fingerprint density at radius 3 is 2.09 bits per heavy atom. The number of hydrogen-bond donors (Lipinski definition) is 5. The number of carboxylic acids is 1. The predicted octanol–water partition coefficient (Wildman–Crippen LogP) is -0.776. The van der Waals surface area contributed by atoms with Crippen LogP contribution in [-0.2, 0) is 40.1 Å². The molecular formula is C22H28N4O9. The van der Waals surface area contributed by atoms with Gasteiger partial charge in [0.25, 0.3) is 0 Å². The Labute approximate surface area is 201 Å². The number of carboxylic acid groups (broad SMARTS) is 1. The average molecular weight is 492 g/mol. The van der Waals surface area contributed by atoms with Crippen molar-refractivity contribution in [2.45, 2.75) is 26.0 Å². The zero-order chi connectivity index (χ0) is 26.1. The van der Waals surface area contributed by atoms with Crippen LogP contribution in [0, 0.1) is 0 Å². The third kappa shape index (κ3) is 14.4. The van der Waals surface area contributed by atoms with Crippen LogP contribution >= 0.6 is 0 Å². The zero-order valence-corrected chi connectivity index (χ0v) is 19.1. The highest BCUT2D eigenvalue weighted by Crippen LogP contribution is 2.00. The quantitative estimate of drug-likeness (QED) is 0.164. The van der Waals surface area contributed by atoms with E-state index in [2.05, 4.69) is 26.0 Å². The molecule has 0 saturated heterocycles. The number of carbonyl (C=O) groups is 6. The Hall–Kier alpha value is -4.42. The van der Waals surface area contributed by atoms with Gasteiger partial charge in [0.15, 0.2) is 0 Å². The topological polar surface area (TPSA) is 189 Å². The van der Waals surface area contributed by atoms with E-state index in [4.69, 9.17) is 9.84 Å². The van der Waals surface area contributed by atoms with Gasteiger partial charge in [-0.1, -0.05) is 36.4 Å². The van der Waals surface area contributed by atoms with E-state index in [1.54, 1.807) is 31.2 Å². The van der Waals surface area contributed by atoms with E-state index >= 15 is 0 Å². The standard InChI is InChI=1S/C22H28N4O9/c1-2-34-21(32)9-8-16(10-20(30)31)26-19(29)13-24-17(27)11-23-18(28)12-25-22(33)35-14-15-6-4-3-5-7-15/h3-9,16H,2,10-14H2,1H3,(H,23,28)(H,24,27)(H,25,33)(H,26,29)(H,30,31)/b9-8+/t16-/m1/s1. The van der Waals surface area contributed by atoms with E-state index in [-0.39, 0.29) is 13.2 Å². The van der Waals surface area contributed by atoms with Crippen LogP contribution in [0.15, 0.2) is 42.5 Å². The smallest absolute Gasteiger partial charge is 0.407 e. The molecule has 0 spiro atoms. The first-order chi connectivity index (χ1) is 16.7. The van der Waals surface area contributed by atoms with E-state index in [1.165, 1.54) is 6.08 Å². The van der Waals surface area contributed by atoms with Gasteiger partial charge in [-0.05, 0) is 12.5 Å². The van der Waals surface area contributed by atoms with Gasteiger partial charge in [-0.3, -0.25) is 19.2 Å². The van der Waals surface area contributed by atoms with Gasteiger partial charge in [0.2, 0.25) is 17.7 Å². The summed E-state index contributed by atoms with van der Waals surface area (Å²) in [7, 11) is 0. The molecule has 0 fully saturated rings. The number of alkyl carbamates (subject to hydrolysis) is 1. The van der Waals surface area contributed by atoms with Crippen molar-refractivity contribution in [1.29, 1.82) is 0 Å². The van der Waals surface area contributed by atoms with Crippen LogP contribution in [0.3, 0.4) is 0 Å². The summed E-state index contributed by atoms with van der Waals surface area (Å²) in [5.74, 6) is -3.98. The second-order valence-electron chi connectivity index (χ2n) is 6.85. The van der Waals surface area contributed by atoms with E-state index in [0.717, 1.165) is 11.6 Å². The first-order valence-corrected chi connectivity index (χ1v) is 10.5. The van der Waals surface area contributed by atoms with Gasteiger partial charge in [-0.15, -0.1) is 0 Å². The lowest BCUT2D eigenvalue weighted by Crippen LogP contribution is -2.46. The summed E-state index contributed by atoms with van der Waals surface area (Å²) in [5.41, 5.74) is 0.775. The molecule has 0 unspecified atom stereocenters. The maximum absolute atomic E-state index is 12.0. The highest BCUT2D eigenvalue weighted by Gasteiger charge is 2.15. The molecule has 13 nitrogen and oxygen atoms in total.